The zero-order valence-corrected chi connectivity index (χ0v) is 9.59. The summed E-state index contributed by atoms with van der Waals surface area (Å²) in [5, 5.41) is 0. The van der Waals surface area contributed by atoms with E-state index in [1.165, 1.54) is 0 Å². The predicted molar refractivity (Wildman–Crippen MR) is 62.3 cm³/mol. The van der Waals surface area contributed by atoms with E-state index < -0.39 is 0 Å². The minimum absolute atomic E-state index is 0.00180. The molecule has 1 saturated heterocycles. The Kier molecular flexibility index (Phi) is 3.88. The molecule has 0 bridgehead atoms. The standard InChI is InChI=1S/C13H15NO3/c15-12-8-13(16)14(9-12)6-7-17-10-11-4-2-1-3-5-11/h1-5H,6-10H2. The Bertz CT molecular complexity index is 402. The van der Waals surface area contributed by atoms with Gasteiger partial charge in [0.15, 0.2) is 5.78 Å². The molecular formula is C13H15NO3. The second kappa shape index (κ2) is 5.59. The zero-order chi connectivity index (χ0) is 12.1. The lowest BCUT2D eigenvalue weighted by Crippen LogP contribution is -2.29. The average molecular weight is 233 g/mol. The van der Waals surface area contributed by atoms with Crippen molar-refractivity contribution in [3.63, 3.8) is 0 Å². The Balaban J connectivity index is 1.67. The number of hydrogen-bond donors (Lipinski definition) is 0. The van der Waals surface area contributed by atoms with E-state index in [0.717, 1.165) is 5.56 Å². The summed E-state index contributed by atoms with van der Waals surface area (Å²) in [7, 11) is 0. The van der Waals surface area contributed by atoms with Crippen LogP contribution in [0.3, 0.4) is 0 Å². The first-order valence-electron chi connectivity index (χ1n) is 5.67. The van der Waals surface area contributed by atoms with Crippen LogP contribution in [0, 0.1) is 0 Å². The molecule has 1 aromatic carbocycles. The Labute approximate surface area is 100 Å². The average Bonchev–Trinajstić information content (AvgIpc) is 2.65. The van der Waals surface area contributed by atoms with E-state index in [2.05, 4.69) is 0 Å². The van der Waals surface area contributed by atoms with Gasteiger partial charge in [-0.25, -0.2) is 0 Å². The predicted octanol–water partition coefficient (Wildman–Crippen LogP) is 1.00. The molecule has 2 rings (SSSR count). The van der Waals surface area contributed by atoms with Gasteiger partial charge in [0, 0.05) is 6.54 Å². The maximum absolute atomic E-state index is 11.3. The Morgan fingerprint density at radius 2 is 1.94 bits per heavy atom. The van der Waals surface area contributed by atoms with E-state index in [0.29, 0.717) is 19.8 Å². The monoisotopic (exact) mass is 233 g/mol. The Morgan fingerprint density at radius 1 is 1.18 bits per heavy atom. The smallest absolute Gasteiger partial charge is 0.230 e. The summed E-state index contributed by atoms with van der Waals surface area (Å²) in [5.41, 5.74) is 1.11. The van der Waals surface area contributed by atoms with Crippen molar-refractivity contribution in [1.82, 2.24) is 4.90 Å². The molecule has 90 valence electrons. The lowest BCUT2D eigenvalue weighted by Gasteiger charge is -2.14. The molecule has 0 saturated carbocycles. The number of likely N-dealkylation sites (tertiary alicyclic amines) is 1. The lowest BCUT2D eigenvalue weighted by molar-refractivity contribution is -0.128. The highest BCUT2D eigenvalue weighted by molar-refractivity contribution is 6.05. The summed E-state index contributed by atoms with van der Waals surface area (Å²) in [4.78, 5) is 23.9. The molecule has 17 heavy (non-hydrogen) atoms. The zero-order valence-electron chi connectivity index (χ0n) is 9.59. The highest BCUT2D eigenvalue weighted by Gasteiger charge is 2.26. The van der Waals surface area contributed by atoms with Gasteiger partial charge in [-0.2, -0.15) is 0 Å². The molecular weight excluding hydrogens is 218 g/mol. The van der Waals surface area contributed by atoms with Gasteiger partial charge >= 0.3 is 0 Å². The first kappa shape index (κ1) is 11.8. The molecule has 0 spiro atoms. The van der Waals surface area contributed by atoms with Gasteiger partial charge in [-0.3, -0.25) is 9.59 Å². The minimum atomic E-state index is -0.0849. The van der Waals surface area contributed by atoms with Gasteiger partial charge in [0.25, 0.3) is 0 Å². The van der Waals surface area contributed by atoms with Gasteiger partial charge < -0.3 is 9.64 Å². The number of benzene rings is 1. The van der Waals surface area contributed by atoms with Crippen molar-refractivity contribution in [2.75, 3.05) is 19.7 Å². The molecule has 1 heterocycles. The van der Waals surface area contributed by atoms with Crippen LogP contribution in [0.2, 0.25) is 0 Å². The molecule has 0 unspecified atom stereocenters. The first-order chi connectivity index (χ1) is 8.25. The van der Waals surface area contributed by atoms with Crippen molar-refractivity contribution >= 4 is 11.7 Å². The minimum Gasteiger partial charge on any atom is -0.375 e. The number of hydrogen-bond acceptors (Lipinski definition) is 3. The van der Waals surface area contributed by atoms with Crippen molar-refractivity contribution in [2.45, 2.75) is 13.0 Å². The van der Waals surface area contributed by atoms with E-state index in [-0.39, 0.29) is 24.7 Å². The summed E-state index contributed by atoms with van der Waals surface area (Å²) in [6, 6.07) is 9.86. The van der Waals surface area contributed by atoms with Crippen LogP contribution in [0.4, 0.5) is 0 Å². The number of ether oxygens (including phenoxy) is 1. The van der Waals surface area contributed by atoms with Crippen LogP contribution in [0.1, 0.15) is 12.0 Å². The fourth-order valence-corrected chi connectivity index (χ4v) is 1.78. The number of nitrogens with zero attached hydrogens (tertiary/aromatic N) is 1. The number of carbonyl (C=O) groups is 2. The van der Waals surface area contributed by atoms with Crippen LogP contribution in [0.5, 0.6) is 0 Å². The van der Waals surface area contributed by atoms with Crippen molar-refractivity contribution < 1.29 is 14.3 Å². The van der Waals surface area contributed by atoms with Gasteiger partial charge in [-0.15, -0.1) is 0 Å². The third kappa shape index (κ3) is 3.39. The van der Waals surface area contributed by atoms with Crippen LogP contribution in [0.15, 0.2) is 30.3 Å². The molecule has 0 radical (unpaired) electrons. The highest BCUT2D eigenvalue weighted by Crippen LogP contribution is 2.06. The molecule has 0 aliphatic carbocycles. The Hall–Kier alpha value is -1.68. The van der Waals surface area contributed by atoms with E-state index >= 15 is 0 Å². The molecule has 4 nitrogen and oxygen atoms in total. The fraction of sp³-hybridized carbons (Fsp3) is 0.385. The third-order valence-electron chi connectivity index (χ3n) is 2.69. The van der Waals surface area contributed by atoms with Gasteiger partial charge in [-0.1, -0.05) is 30.3 Å². The molecule has 1 fully saturated rings. The first-order valence-corrected chi connectivity index (χ1v) is 5.67. The Morgan fingerprint density at radius 3 is 2.59 bits per heavy atom. The molecule has 1 aromatic rings. The molecule has 4 heteroatoms. The molecule has 0 N–H and O–H groups in total. The fourth-order valence-electron chi connectivity index (χ4n) is 1.78. The van der Waals surface area contributed by atoms with Crippen LogP contribution >= 0.6 is 0 Å². The lowest BCUT2D eigenvalue weighted by atomic mass is 10.2. The summed E-state index contributed by atoms with van der Waals surface area (Å²) in [5.74, 6) is -0.0867. The number of carbonyl (C=O) groups excluding carboxylic acids is 2. The number of amides is 1. The molecule has 0 atom stereocenters. The topological polar surface area (TPSA) is 46.6 Å². The van der Waals surface area contributed by atoms with Crippen molar-refractivity contribution in [3.05, 3.63) is 35.9 Å². The van der Waals surface area contributed by atoms with Crippen molar-refractivity contribution in [3.8, 4) is 0 Å². The SMILES string of the molecule is O=C1CC(=O)N(CCOCc2ccccc2)C1. The van der Waals surface area contributed by atoms with Gasteiger partial charge in [0.05, 0.1) is 26.2 Å². The largest absolute Gasteiger partial charge is 0.375 e. The molecule has 1 aliphatic rings. The summed E-state index contributed by atoms with van der Waals surface area (Å²) >= 11 is 0. The van der Waals surface area contributed by atoms with Crippen molar-refractivity contribution in [2.24, 2.45) is 0 Å². The van der Waals surface area contributed by atoms with E-state index in [1.807, 2.05) is 30.3 Å². The van der Waals surface area contributed by atoms with Crippen LogP contribution < -0.4 is 0 Å². The number of rotatable bonds is 5. The van der Waals surface area contributed by atoms with Crippen LogP contribution in [0.25, 0.3) is 0 Å². The quantitative estimate of drug-likeness (QED) is 0.563. The number of Topliss-reactive ketones (excluding diaryl/α,β-unsaturated/α-hetero) is 1. The molecule has 1 amide bonds. The summed E-state index contributed by atoms with van der Waals surface area (Å²) in [6.07, 6.45) is 0.0543. The maximum Gasteiger partial charge on any atom is 0.230 e. The second-order valence-electron chi connectivity index (χ2n) is 4.07. The highest BCUT2D eigenvalue weighted by atomic mass is 16.5. The normalized spacial score (nSPS) is 15.6. The van der Waals surface area contributed by atoms with Gasteiger partial charge in [0.2, 0.25) is 5.91 Å². The van der Waals surface area contributed by atoms with Gasteiger partial charge in [-0.05, 0) is 5.56 Å². The van der Waals surface area contributed by atoms with Crippen molar-refractivity contribution in [1.29, 1.82) is 0 Å². The van der Waals surface area contributed by atoms with E-state index in [4.69, 9.17) is 4.74 Å². The van der Waals surface area contributed by atoms with E-state index in [1.54, 1.807) is 4.90 Å². The molecule has 1 aliphatic heterocycles. The second-order valence-corrected chi connectivity index (χ2v) is 4.07. The molecule has 0 aromatic heterocycles. The van der Waals surface area contributed by atoms with Crippen LogP contribution in [-0.2, 0) is 20.9 Å². The van der Waals surface area contributed by atoms with E-state index in [9.17, 15) is 9.59 Å². The van der Waals surface area contributed by atoms with Gasteiger partial charge in [0.1, 0.15) is 0 Å². The maximum atomic E-state index is 11.3. The summed E-state index contributed by atoms with van der Waals surface area (Å²) < 4.78 is 5.46. The van der Waals surface area contributed by atoms with Crippen LogP contribution in [-0.4, -0.2) is 36.3 Å². The number of ketones is 1. The third-order valence-corrected chi connectivity index (χ3v) is 2.69. The summed E-state index contributed by atoms with van der Waals surface area (Å²) in [6.45, 7) is 1.75.